The molecule has 6 nitrogen and oxygen atoms in total. The molecular formula is C15H26N4O2. The third kappa shape index (κ3) is 3.48. The third-order valence-electron chi connectivity index (χ3n) is 5.01. The van der Waals surface area contributed by atoms with E-state index >= 15 is 0 Å². The number of hydrogen-bond acceptors (Lipinski definition) is 3. The van der Waals surface area contributed by atoms with E-state index in [-0.39, 0.29) is 6.03 Å². The molecule has 0 aromatic carbocycles. The van der Waals surface area contributed by atoms with Crippen molar-refractivity contribution in [3.63, 3.8) is 0 Å². The lowest BCUT2D eigenvalue weighted by molar-refractivity contribution is -0.133. The highest BCUT2D eigenvalue weighted by molar-refractivity contribution is 5.77. The van der Waals surface area contributed by atoms with Crippen molar-refractivity contribution in [2.24, 2.45) is 5.92 Å². The van der Waals surface area contributed by atoms with Gasteiger partial charge in [-0.3, -0.25) is 4.79 Å². The molecule has 0 saturated carbocycles. The van der Waals surface area contributed by atoms with Gasteiger partial charge in [-0.25, -0.2) is 4.79 Å². The quantitative estimate of drug-likeness (QED) is 0.791. The maximum Gasteiger partial charge on any atom is 0.317 e. The third-order valence-corrected chi connectivity index (χ3v) is 5.01. The minimum Gasteiger partial charge on any atom is -0.343 e. The molecule has 3 heterocycles. The van der Waals surface area contributed by atoms with Crippen LogP contribution < -0.4 is 10.6 Å². The zero-order chi connectivity index (χ0) is 14.7. The minimum atomic E-state index is 0.0630. The molecule has 0 radical (unpaired) electrons. The largest absolute Gasteiger partial charge is 0.343 e. The van der Waals surface area contributed by atoms with E-state index in [0.717, 1.165) is 52.1 Å². The second-order valence-electron chi connectivity index (χ2n) is 6.45. The van der Waals surface area contributed by atoms with Crippen LogP contribution in [-0.2, 0) is 4.79 Å². The van der Waals surface area contributed by atoms with E-state index in [9.17, 15) is 9.59 Å². The first kappa shape index (κ1) is 14.6. The molecule has 0 aliphatic carbocycles. The molecule has 0 spiro atoms. The lowest BCUT2D eigenvalue weighted by Gasteiger charge is -2.37. The summed E-state index contributed by atoms with van der Waals surface area (Å²) in [4.78, 5) is 28.0. The number of amides is 3. The van der Waals surface area contributed by atoms with E-state index in [0.29, 0.717) is 24.3 Å². The summed E-state index contributed by atoms with van der Waals surface area (Å²) in [5.41, 5.74) is 0. The highest BCUT2D eigenvalue weighted by Gasteiger charge is 2.32. The van der Waals surface area contributed by atoms with Gasteiger partial charge in [0.15, 0.2) is 0 Å². The molecule has 0 bridgehead atoms. The zero-order valence-corrected chi connectivity index (χ0v) is 12.6. The molecular weight excluding hydrogens is 268 g/mol. The van der Waals surface area contributed by atoms with Gasteiger partial charge in [0.1, 0.15) is 0 Å². The smallest absolute Gasteiger partial charge is 0.317 e. The summed E-state index contributed by atoms with van der Waals surface area (Å²) in [6, 6.07) is 0.376. The zero-order valence-electron chi connectivity index (χ0n) is 12.6. The predicted molar refractivity (Wildman–Crippen MR) is 79.9 cm³/mol. The van der Waals surface area contributed by atoms with Crippen LogP contribution in [0.2, 0.25) is 0 Å². The van der Waals surface area contributed by atoms with Gasteiger partial charge < -0.3 is 20.4 Å². The van der Waals surface area contributed by atoms with Gasteiger partial charge in [0.25, 0.3) is 0 Å². The van der Waals surface area contributed by atoms with E-state index in [1.54, 1.807) is 0 Å². The molecule has 3 amide bonds. The maximum absolute atomic E-state index is 12.4. The Labute approximate surface area is 126 Å². The van der Waals surface area contributed by atoms with Gasteiger partial charge in [0.2, 0.25) is 5.91 Å². The first-order valence-corrected chi connectivity index (χ1v) is 8.27. The fraction of sp³-hybridized carbons (Fsp3) is 0.867. The van der Waals surface area contributed by atoms with Gasteiger partial charge >= 0.3 is 6.03 Å². The number of piperidine rings is 2. The molecule has 3 aliphatic heterocycles. The molecule has 118 valence electrons. The molecule has 1 atom stereocenters. The molecule has 0 aromatic rings. The van der Waals surface area contributed by atoms with Crippen LogP contribution in [0.3, 0.4) is 0 Å². The Morgan fingerprint density at radius 1 is 1.14 bits per heavy atom. The van der Waals surface area contributed by atoms with E-state index in [4.69, 9.17) is 0 Å². The summed E-state index contributed by atoms with van der Waals surface area (Å²) in [5, 5.41) is 6.22. The molecule has 3 aliphatic rings. The number of hydrogen-bond donors (Lipinski definition) is 2. The monoisotopic (exact) mass is 294 g/mol. The van der Waals surface area contributed by atoms with Crippen LogP contribution in [0.4, 0.5) is 4.79 Å². The Morgan fingerprint density at radius 3 is 2.57 bits per heavy atom. The predicted octanol–water partition coefficient (Wildman–Crippen LogP) is 0.392. The molecule has 3 rings (SSSR count). The number of likely N-dealkylation sites (tertiary alicyclic amines) is 1. The summed E-state index contributed by atoms with van der Waals surface area (Å²) in [6.07, 6.45) is 4.87. The number of urea groups is 1. The van der Waals surface area contributed by atoms with E-state index < -0.39 is 0 Å². The van der Waals surface area contributed by atoms with Crippen molar-refractivity contribution in [3.05, 3.63) is 0 Å². The van der Waals surface area contributed by atoms with Gasteiger partial charge in [-0.15, -0.1) is 0 Å². The number of rotatable bonds is 3. The second-order valence-corrected chi connectivity index (χ2v) is 6.45. The summed E-state index contributed by atoms with van der Waals surface area (Å²) in [5.74, 6) is 0.807. The Hall–Kier alpha value is -1.30. The fourth-order valence-electron chi connectivity index (χ4n) is 3.74. The molecule has 0 aromatic heterocycles. The lowest BCUT2D eigenvalue weighted by Crippen LogP contribution is -2.48. The highest BCUT2D eigenvalue weighted by atomic mass is 16.2. The second kappa shape index (κ2) is 6.64. The topological polar surface area (TPSA) is 64.7 Å². The van der Waals surface area contributed by atoms with Gasteiger partial charge in [0.05, 0.1) is 0 Å². The van der Waals surface area contributed by atoms with Crippen molar-refractivity contribution in [2.45, 2.75) is 38.1 Å². The van der Waals surface area contributed by atoms with Crippen LogP contribution in [0.15, 0.2) is 0 Å². The van der Waals surface area contributed by atoms with Gasteiger partial charge in [0, 0.05) is 38.6 Å². The van der Waals surface area contributed by atoms with E-state index in [1.807, 2.05) is 9.80 Å². The normalized spacial score (nSPS) is 27.8. The Morgan fingerprint density at radius 2 is 1.95 bits per heavy atom. The standard InChI is InChI=1S/C15H26N4O2/c20-14(10-12-2-1-5-16-11-12)18-7-3-13(4-8-18)19-9-6-17-15(19)21/h12-13,16H,1-11H2,(H,17,21). The summed E-state index contributed by atoms with van der Waals surface area (Å²) in [7, 11) is 0. The van der Waals surface area contributed by atoms with Crippen molar-refractivity contribution >= 4 is 11.9 Å². The van der Waals surface area contributed by atoms with E-state index in [1.165, 1.54) is 12.8 Å². The minimum absolute atomic E-state index is 0.0630. The van der Waals surface area contributed by atoms with E-state index in [2.05, 4.69) is 10.6 Å². The van der Waals surface area contributed by atoms with Crippen LogP contribution in [0.5, 0.6) is 0 Å². The summed E-state index contributed by atoms with van der Waals surface area (Å²) < 4.78 is 0. The van der Waals surface area contributed by atoms with Gasteiger partial charge in [-0.1, -0.05) is 0 Å². The summed E-state index contributed by atoms with van der Waals surface area (Å²) >= 11 is 0. The molecule has 6 heteroatoms. The van der Waals surface area contributed by atoms with Crippen molar-refractivity contribution in [1.29, 1.82) is 0 Å². The number of carbonyl (C=O) groups excluding carboxylic acids is 2. The first-order chi connectivity index (χ1) is 10.2. The number of carbonyl (C=O) groups is 2. The van der Waals surface area contributed by atoms with Crippen molar-refractivity contribution < 1.29 is 9.59 Å². The van der Waals surface area contributed by atoms with Crippen LogP contribution in [0.25, 0.3) is 0 Å². The van der Waals surface area contributed by atoms with Crippen LogP contribution in [0.1, 0.15) is 32.1 Å². The average Bonchev–Trinajstić information content (AvgIpc) is 2.94. The Bertz CT molecular complexity index is 387. The first-order valence-electron chi connectivity index (χ1n) is 8.27. The Kier molecular flexibility index (Phi) is 4.63. The molecule has 2 N–H and O–H groups in total. The lowest BCUT2D eigenvalue weighted by atomic mass is 9.95. The SMILES string of the molecule is O=C(CC1CCCNC1)N1CCC(N2CCNC2=O)CC1. The van der Waals surface area contributed by atoms with Crippen LogP contribution in [-0.4, -0.2) is 67.0 Å². The fourth-order valence-corrected chi connectivity index (χ4v) is 3.74. The van der Waals surface area contributed by atoms with Crippen molar-refractivity contribution in [1.82, 2.24) is 20.4 Å². The molecule has 1 unspecified atom stereocenters. The van der Waals surface area contributed by atoms with Gasteiger partial charge in [-0.05, 0) is 44.7 Å². The van der Waals surface area contributed by atoms with Gasteiger partial charge in [-0.2, -0.15) is 0 Å². The highest BCUT2D eigenvalue weighted by Crippen LogP contribution is 2.21. The number of nitrogens with one attached hydrogen (secondary N) is 2. The average molecular weight is 294 g/mol. The van der Waals surface area contributed by atoms with Crippen LogP contribution >= 0.6 is 0 Å². The summed E-state index contributed by atoms with van der Waals surface area (Å²) in [6.45, 7) is 5.24. The number of nitrogens with zero attached hydrogens (tertiary/aromatic N) is 2. The maximum atomic E-state index is 12.4. The Balaban J connectivity index is 1.44. The molecule has 3 saturated heterocycles. The van der Waals surface area contributed by atoms with Crippen molar-refractivity contribution in [2.75, 3.05) is 39.3 Å². The van der Waals surface area contributed by atoms with Crippen molar-refractivity contribution in [3.8, 4) is 0 Å². The molecule has 3 fully saturated rings. The molecule has 21 heavy (non-hydrogen) atoms. The van der Waals surface area contributed by atoms with Crippen LogP contribution in [0, 0.1) is 5.92 Å².